The summed E-state index contributed by atoms with van der Waals surface area (Å²) in [6.07, 6.45) is 0. The molecule has 0 aromatic heterocycles. The van der Waals surface area contributed by atoms with Crippen LogP contribution in [0.4, 0.5) is 0 Å². The van der Waals surface area contributed by atoms with Crippen molar-refractivity contribution < 1.29 is 10.2 Å². The second-order valence-electron chi connectivity index (χ2n) is 7.08. The third kappa shape index (κ3) is 2.41. The van der Waals surface area contributed by atoms with Gasteiger partial charge in [0.15, 0.2) is 0 Å². The molecule has 0 aliphatic rings. The third-order valence-electron chi connectivity index (χ3n) is 5.41. The lowest BCUT2D eigenvalue weighted by molar-refractivity contribution is 0.477. The van der Waals surface area contributed by atoms with Gasteiger partial charge in [-0.15, -0.1) is 0 Å². The fourth-order valence-electron chi connectivity index (χ4n) is 3.95. The number of aromatic hydroxyl groups is 2. The largest absolute Gasteiger partial charge is 0.507 e. The molecule has 130 valence electrons. The summed E-state index contributed by atoms with van der Waals surface area (Å²) in [5, 5.41) is 24.8. The number of rotatable bonds is 2. The Hall–Kier alpha value is -3.00. The van der Waals surface area contributed by atoms with Crippen LogP contribution in [0.5, 0.6) is 11.5 Å². The van der Waals surface area contributed by atoms with Gasteiger partial charge in [0.1, 0.15) is 11.5 Å². The maximum atomic E-state index is 10.5. The molecule has 0 saturated carbocycles. The van der Waals surface area contributed by atoms with E-state index in [4.69, 9.17) is 0 Å². The summed E-state index contributed by atoms with van der Waals surface area (Å²) in [4.78, 5) is 0. The van der Waals surface area contributed by atoms with E-state index in [0.29, 0.717) is 11.5 Å². The van der Waals surface area contributed by atoms with Gasteiger partial charge in [0, 0.05) is 16.7 Å². The molecule has 2 nitrogen and oxygen atoms in total. The number of fused-ring (bicyclic) bond motifs is 2. The van der Waals surface area contributed by atoms with Crippen molar-refractivity contribution in [2.75, 3.05) is 0 Å². The molecule has 26 heavy (non-hydrogen) atoms. The fraction of sp³-hybridized carbons (Fsp3) is 0.167. The average Bonchev–Trinajstić information content (AvgIpc) is 2.67. The summed E-state index contributed by atoms with van der Waals surface area (Å²) < 4.78 is 0. The molecule has 0 radical (unpaired) electrons. The monoisotopic (exact) mass is 342 g/mol. The van der Waals surface area contributed by atoms with E-state index in [2.05, 4.69) is 31.2 Å². The molecule has 0 aliphatic heterocycles. The van der Waals surface area contributed by atoms with Crippen LogP contribution in [-0.2, 0) is 0 Å². The summed E-state index contributed by atoms with van der Waals surface area (Å²) in [7, 11) is 0. The highest BCUT2D eigenvalue weighted by atomic mass is 16.3. The Morgan fingerprint density at radius 3 is 1.35 bits per heavy atom. The molecule has 4 aromatic rings. The molecule has 0 aliphatic carbocycles. The number of aryl methyl sites for hydroxylation is 2. The number of phenols is 2. The molecule has 0 fully saturated rings. The Balaban J connectivity index is 2.02. The minimum absolute atomic E-state index is 0.128. The molecule has 0 amide bonds. The molecule has 0 heterocycles. The predicted octanol–water partition coefficient (Wildman–Crippen LogP) is 6.17. The summed E-state index contributed by atoms with van der Waals surface area (Å²) >= 11 is 0. The number of hydrogen-bond donors (Lipinski definition) is 2. The zero-order chi connectivity index (χ0) is 18.4. The van der Waals surface area contributed by atoms with E-state index < -0.39 is 0 Å². The predicted molar refractivity (Wildman–Crippen MR) is 108 cm³/mol. The Labute approximate surface area is 153 Å². The molecule has 0 saturated heterocycles. The summed E-state index contributed by atoms with van der Waals surface area (Å²) in [6.45, 7) is 6.08. The Bertz CT molecular complexity index is 1050. The highest BCUT2D eigenvalue weighted by Gasteiger charge is 2.19. The minimum Gasteiger partial charge on any atom is -0.507 e. The van der Waals surface area contributed by atoms with E-state index >= 15 is 0 Å². The second kappa shape index (κ2) is 6.06. The first-order valence-corrected chi connectivity index (χ1v) is 8.91. The SMILES string of the molecule is Cc1cc(C(C)c2cc(C)c(O)c3ccccc23)c2ccccc2c1O. The van der Waals surface area contributed by atoms with Crippen LogP contribution in [0, 0.1) is 13.8 Å². The normalized spacial score (nSPS) is 11.5. The Morgan fingerprint density at radius 1 is 0.615 bits per heavy atom. The van der Waals surface area contributed by atoms with Crippen LogP contribution < -0.4 is 0 Å². The van der Waals surface area contributed by atoms with Crippen LogP contribution in [0.3, 0.4) is 0 Å². The van der Waals surface area contributed by atoms with Gasteiger partial charge in [-0.3, -0.25) is 0 Å². The van der Waals surface area contributed by atoms with Gasteiger partial charge >= 0.3 is 0 Å². The van der Waals surface area contributed by atoms with Gasteiger partial charge in [-0.05, 0) is 46.9 Å². The molecule has 2 N–H and O–H groups in total. The van der Waals surface area contributed by atoms with E-state index in [1.165, 1.54) is 11.1 Å². The average molecular weight is 342 g/mol. The van der Waals surface area contributed by atoms with Crippen molar-refractivity contribution in [2.45, 2.75) is 26.7 Å². The zero-order valence-corrected chi connectivity index (χ0v) is 15.2. The highest BCUT2D eigenvalue weighted by Crippen LogP contribution is 2.41. The lowest BCUT2D eigenvalue weighted by Crippen LogP contribution is -2.00. The van der Waals surface area contributed by atoms with Crippen LogP contribution in [0.1, 0.15) is 35.1 Å². The van der Waals surface area contributed by atoms with E-state index in [1.807, 2.05) is 50.2 Å². The smallest absolute Gasteiger partial charge is 0.126 e. The Morgan fingerprint density at radius 2 is 0.962 bits per heavy atom. The van der Waals surface area contributed by atoms with Crippen molar-refractivity contribution in [1.82, 2.24) is 0 Å². The second-order valence-corrected chi connectivity index (χ2v) is 7.08. The lowest BCUT2D eigenvalue weighted by atomic mass is 9.84. The van der Waals surface area contributed by atoms with Crippen LogP contribution in [0.25, 0.3) is 21.5 Å². The molecule has 4 rings (SSSR count). The van der Waals surface area contributed by atoms with Crippen molar-refractivity contribution >= 4 is 21.5 Å². The van der Waals surface area contributed by atoms with E-state index in [9.17, 15) is 10.2 Å². The topological polar surface area (TPSA) is 40.5 Å². The van der Waals surface area contributed by atoms with Crippen molar-refractivity contribution in [1.29, 1.82) is 0 Å². The molecule has 0 spiro atoms. The van der Waals surface area contributed by atoms with Gasteiger partial charge in [0.2, 0.25) is 0 Å². The van der Waals surface area contributed by atoms with Crippen LogP contribution >= 0.6 is 0 Å². The van der Waals surface area contributed by atoms with Crippen molar-refractivity contribution in [3.8, 4) is 11.5 Å². The maximum absolute atomic E-state index is 10.5. The van der Waals surface area contributed by atoms with E-state index in [0.717, 1.165) is 32.7 Å². The third-order valence-corrected chi connectivity index (χ3v) is 5.41. The van der Waals surface area contributed by atoms with E-state index in [-0.39, 0.29) is 5.92 Å². The first kappa shape index (κ1) is 16.5. The number of hydrogen-bond acceptors (Lipinski definition) is 2. The number of phenolic OH excluding ortho intramolecular Hbond substituents is 2. The minimum atomic E-state index is 0.128. The molecular formula is C24H22O2. The van der Waals surface area contributed by atoms with Gasteiger partial charge < -0.3 is 10.2 Å². The molecule has 0 atom stereocenters. The van der Waals surface area contributed by atoms with Crippen LogP contribution in [-0.4, -0.2) is 10.2 Å². The maximum Gasteiger partial charge on any atom is 0.126 e. The van der Waals surface area contributed by atoms with Crippen LogP contribution in [0.15, 0.2) is 60.7 Å². The molecule has 0 bridgehead atoms. The van der Waals surface area contributed by atoms with Crippen molar-refractivity contribution in [3.05, 3.63) is 82.9 Å². The highest BCUT2D eigenvalue weighted by molar-refractivity contribution is 5.95. The van der Waals surface area contributed by atoms with Crippen molar-refractivity contribution in [3.63, 3.8) is 0 Å². The van der Waals surface area contributed by atoms with E-state index in [1.54, 1.807) is 0 Å². The van der Waals surface area contributed by atoms with Crippen LogP contribution in [0.2, 0.25) is 0 Å². The zero-order valence-electron chi connectivity index (χ0n) is 15.2. The molecule has 2 heteroatoms. The fourth-order valence-corrected chi connectivity index (χ4v) is 3.95. The lowest BCUT2D eigenvalue weighted by Gasteiger charge is -2.20. The standard InChI is InChI=1S/C24H22O2/c1-14-12-21(17-8-4-6-10-19(17)23(14)25)16(3)22-13-15(2)24(26)20-11-7-5-9-18(20)22/h4-13,16,25-26H,1-3H3. The van der Waals surface area contributed by atoms with Gasteiger partial charge in [0.05, 0.1) is 0 Å². The summed E-state index contributed by atoms with van der Waals surface area (Å²) in [5.74, 6) is 0.829. The molecule has 4 aromatic carbocycles. The molecular weight excluding hydrogens is 320 g/mol. The summed E-state index contributed by atoms with van der Waals surface area (Å²) in [6, 6.07) is 20.2. The first-order chi connectivity index (χ1) is 12.5. The van der Waals surface area contributed by atoms with Gasteiger partial charge in [-0.2, -0.15) is 0 Å². The van der Waals surface area contributed by atoms with Gasteiger partial charge in [-0.25, -0.2) is 0 Å². The first-order valence-electron chi connectivity index (χ1n) is 8.91. The van der Waals surface area contributed by atoms with Gasteiger partial charge in [0.25, 0.3) is 0 Å². The molecule has 0 unspecified atom stereocenters. The Kier molecular flexibility index (Phi) is 3.84. The quantitative estimate of drug-likeness (QED) is 0.457. The van der Waals surface area contributed by atoms with Gasteiger partial charge in [-0.1, -0.05) is 67.6 Å². The van der Waals surface area contributed by atoms with Crippen molar-refractivity contribution in [2.24, 2.45) is 0 Å². The number of benzene rings is 4. The summed E-state index contributed by atoms with van der Waals surface area (Å²) in [5.41, 5.74) is 4.13.